The summed E-state index contributed by atoms with van der Waals surface area (Å²) < 4.78 is 4.92. The van der Waals surface area contributed by atoms with Crippen LogP contribution in [0, 0.1) is 17.0 Å². The first-order valence-corrected chi connectivity index (χ1v) is 10.7. The molecule has 1 amide bonds. The number of nitrogens with zero attached hydrogens (tertiary/aromatic N) is 3. The highest BCUT2D eigenvalue weighted by atomic mass is 16.6. The summed E-state index contributed by atoms with van der Waals surface area (Å²) in [5.74, 6) is -1.25. The zero-order valence-electron chi connectivity index (χ0n) is 18.6. The Bertz CT molecular complexity index is 1020. The molecule has 2 aromatic carbocycles. The fraction of sp³-hybridized carbons (Fsp3) is 0.391. The molecule has 0 aliphatic carbocycles. The van der Waals surface area contributed by atoms with Crippen LogP contribution in [0.15, 0.2) is 36.4 Å². The number of carbonyl (C=O) groups is 2. The molecule has 0 spiro atoms. The number of non-ortho nitro benzene ring substituents is 1. The lowest BCUT2D eigenvalue weighted by Gasteiger charge is -2.36. The molecule has 2 aromatic rings. The van der Waals surface area contributed by atoms with Gasteiger partial charge in [-0.1, -0.05) is 6.92 Å². The minimum absolute atomic E-state index is 0.0136. The molecule has 1 heterocycles. The maximum Gasteiger partial charge on any atom is 0.338 e. The van der Waals surface area contributed by atoms with Gasteiger partial charge in [-0.05, 0) is 50.2 Å². The van der Waals surface area contributed by atoms with Crippen LogP contribution >= 0.6 is 0 Å². The van der Waals surface area contributed by atoms with E-state index in [1.165, 1.54) is 6.07 Å². The van der Waals surface area contributed by atoms with E-state index < -0.39 is 16.8 Å². The lowest BCUT2D eigenvalue weighted by Crippen LogP contribution is -2.46. The van der Waals surface area contributed by atoms with Gasteiger partial charge < -0.3 is 19.9 Å². The first kappa shape index (κ1) is 23.2. The zero-order chi connectivity index (χ0) is 23.3. The Morgan fingerprint density at radius 1 is 1.06 bits per heavy atom. The van der Waals surface area contributed by atoms with Gasteiger partial charge in [-0.15, -0.1) is 0 Å². The van der Waals surface area contributed by atoms with E-state index in [-0.39, 0.29) is 23.4 Å². The molecule has 170 valence electrons. The number of carbonyl (C=O) groups excluding carboxylic acids is 2. The second-order valence-electron chi connectivity index (χ2n) is 7.62. The third-order valence-electron chi connectivity index (χ3n) is 5.52. The lowest BCUT2D eigenvalue weighted by molar-refractivity contribution is -0.384. The Morgan fingerprint density at radius 2 is 1.75 bits per heavy atom. The predicted octanol–water partition coefficient (Wildman–Crippen LogP) is 3.47. The molecule has 9 heteroatoms. The molecular weight excluding hydrogens is 412 g/mol. The largest absolute Gasteiger partial charge is 0.462 e. The van der Waals surface area contributed by atoms with Crippen molar-refractivity contribution >= 4 is 28.9 Å². The van der Waals surface area contributed by atoms with E-state index in [1.807, 2.05) is 25.1 Å². The predicted molar refractivity (Wildman–Crippen MR) is 123 cm³/mol. The molecule has 0 bridgehead atoms. The maximum absolute atomic E-state index is 12.8. The first-order chi connectivity index (χ1) is 15.3. The zero-order valence-corrected chi connectivity index (χ0v) is 18.6. The van der Waals surface area contributed by atoms with Crippen molar-refractivity contribution in [2.24, 2.45) is 0 Å². The van der Waals surface area contributed by atoms with Gasteiger partial charge in [0.1, 0.15) is 0 Å². The van der Waals surface area contributed by atoms with Crippen LogP contribution in [0.3, 0.4) is 0 Å². The quantitative estimate of drug-likeness (QED) is 0.399. The Kier molecular flexibility index (Phi) is 7.42. The molecular formula is C23H28N4O5. The van der Waals surface area contributed by atoms with Crippen molar-refractivity contribution in [2.45, 2.75) is 20.8 Å². The van der Waals surface area contributed by atoms with Crippen LogP contribution < -0.4 is 10.2 Å². The number of rotatable bonds is 7. The molecule has 1 saturated heterocycles. The SMILES string of the molecule is CCOC(=O)c1cc(C(=O)Nc2ccc(N3CCN(CC)CC3)c(C)c2)cc([N+](=O)[O-])c1. The summed E-state index contributed by atoms with van der Waals surface area (Å²) in [4.78, 5) is 40.2. The number of nitro benzene ring substituents is 1. The van der Waals surface area contributed by atoms with Gasteiger partial charge in [-0.3, -0.25) is 14.9 Å². The number of esters is 1. The molecule has 9 nitrogen and oxygen atoms in total. The molecule has 32 heavy (non-hydrogen) atoms. The average Bonchev–Trinajstić information content (AvgIpc) is 2.79. The van der Waals surface area contributed by atoms with Gasteiger partial charge in [0, 0.05) is 55.2 Å². The van der Waals surface area contributed by atoms with E-state index in [4.69, 9.17) is 4.74 Å². The van der Waals surface area contributed by atoms with Crippen molar-refractivity contribution < 1.29 is 19.2 Å². The third-order valence-corrected chi connectivity index (χ3v) is 5.52. The monoisotopic (exact) mass is 440 g/mol. The van der Waals surface area contributed by atoms with E-state index >= 15 is 0 Å². The van der Waals surface area contributed by atoms with Crippen LogP contribution in [0.25, 0.3) is 0 Å². The summed E-state index contributed by atoms with van der Waals surface area (Å²) in [5.41, 5.74) is 2.35. The summed E-state index contributed by atoms with van der Waals surface area (Å²) >= 11 is 0. The number of anilines is 2. The van der Waals surface area contributed by atoms with Crippen LogP contribution in [-0.4, -0.2) is 61.0 Å². The minimum atomic E-state index is -0.714. The molecule has 0 radical (unpaired) electrons. The first-order valence-electron chi connectivity index (χ1n) is 10.7. The maximum atomic E-state index is 12.8. The molecule has 0 unspecified atom stereocenters. The highest BCUT2D eigenvalue weighted by molar-refractivity contribution is 6.06. The summed E-state index contributed by atoms with van der Waals surface area (Å²) in [5, 5.41) is 14.0. The second-order valence-corrected chi connectivity index (χ2v) is 7.62. The number of nitro groups is 1. The number of likely N-dealkylation sites (N-methyl/N-ethyl adjacent to an activating group) is 1. The molecule has 0 saturated carbocycles. The van der Waals surface area contributed by atoms with Gasteiger partial charge in [0.2, 0.25) is 0 Å². The molecule has 1 aliphatic rings. The number of aryl methyl sites for hydroxylation is 1. The standard InChI is InChI=1S/C23H28N4O5/c1-4-25-8-10-26(11-9-25)21-7-6-19(12-16(21)3)24-22(28)17-13-18(23(29)32-5-2)15-20(14-17)27(30)31/h6-7,12-15H,4-5,8-11H2,1-3H3,(H,24,28). The van der Waals surface area contributed by atoms with Gasteiger partial charge in [0.25, 0.3) is 11.6 Å². The van der Waals surface area contributed by atoms with Crippen LogP contribution in [0.4, 0.5) is 17.1 Å². The number of hydrogen-bond acceptors (Lipinski definition) is 7. The molecule has 0 atom stereocenters. The minimum Gasteiger partial charge on any atom is -0.462 e. The Morgan fingerprint density at radius 3 is 2.34 bits per heavy atom. The van der Waals surface area contributed by atoms with Crippen molar-refractivity contribution in [1.29, 1.82) is 0 Å². The number of ether oxygens (including phenoxy) is 1. The van der Waals surface area contributed by atoms with Gasteiger partial charge in [0.05, 0.1) is 17.1 Å². The topological polar surface area (TPSA) is 105 Å². The molecule has 1 aliphatic heterocycles. The van der Waals surface area contributed by atoms with Gasteiger partial charge in [-0.2, -0.15) is 0 Å². The van der Waals surface area contributed by atoms with Crippen molar-refractivity contribution in [3.05, 3.63) is 63.2 Å². The van der Waals surface area contributed by atoms with Crippen molar-refractivity contribution in [1.82, 2.24) is 4.90 Å². The number of hydrogen-bond donors (Lipinski definition) is 1. The molecule has 3 rings (SSSR count). The molecule has 1 N–H and O–H groups in total. The summed E-state index contributed by atoms with van der Waals surface area (Å²) in [6.07, 6.45) is 0. The third kappa shape index (κ3) is 5.42. The van der Waals surface area contributed by atoms with E-state index in [0.29, 0.717) is 5.69 Å². The number of nitrogens with one attached hydrogen (secondary N) is 1. The fourth-order valence-electron chi connectivity index (χ4n) is 3.78. The van der Waals surface area contributed by atoms with Crippen molar-refractivity contribution in [3.63, 3.8) is 0 Å². The van der Waals surface area contributed by atoms with Crippen LogP contribution in [0.5, 0.6) is 0 Å². The Hall–Kier alpha value is -3.46. The number of benzene rings is 2. The number of piperazine rings is 1. The van der Waals surface area contributed by atoms with Gasteiger partial charge >= 0.3 is 5.97 Å². The molecule has 0 aromatic heterocycles. The van der Waals surface area contributed by atoms with E-state index in [0.717, 1.165) is 56.1 Å². The lowest BCUT2D eigenvalue weighted by atomic mass is 10.1. The summed E-state index contributed by atoms with van der Waals surface area (Å²) in [6, 6.07) is 9.22. The van der Waals surface area contributed by atoms with Crippen LogP contribution in [-0.2, 0) is 4.74 Å². The Balaban J connectivity index is 1.77. The fourth-order valence-corrected chi connectivity index (χ4v) is 3.78. The van der Waals surface area contributed by atoms with E-state index in [1.54, 1.807) is 6.92 Å². The Labute approximate surface area is 187 Å². The average molecular weight is 441 g/mol. The van der Waals surface area contributed by atoms with E-state index in [2.05, 4.69) is 22.0 Å². The number of amides is 1. The summed E-state index contributed by atoms with van der Waals surface area (Å²) in [7, 11) is 0. The molecule has 1 fully saturated rings. The second kappa shape index (κ2) is 10.2. The normalized spacial score (nSPS) is 14.2. The van der Waals surface area contributed by atoms with Crippen molar-refractivity contribution in [3.8, 4) is 0 Å². The van der Waals surface area contributed by atoms with Gasteiger partial charge in [0.15, 0.2) is 0 Å². The van der Waals surface area contributed by atoms with E-state index in [9.17, 15) is 19.7 Å². The van der Waals surface area contributed by atoms with Crippen molar-refractivity contribution in [2.75, 3.05) is 49.5 Å². The van der Waals surface area contributed by atoms with Gasteiger partial charge in [-0.25, -0.2) is 4.79 Å². The highest BCUT2D eigenvalue weighted by Gasteiger charge is 2.20. The smallest absolute Gasteiger partial charge is 0.338 e. The van der Waals surface area contributed by atoms with Crippen LogP contribution in [0.1, 0.15) is 40.1 Å². The summed E-state index contributed by atoms with van der Waals surface area (Å²) in [6.45, 7) is 10.9. The highest BCUT2D eigenvalue weighted by Crippen LogP contribution is 2.26. The van der Waals surface area contributed by atoms with Crippen LogP contribution in [0.2, 0.25) is 0 Å².